The molecule has 0 aromatic heterocycles. The summed E-state index contributed by atoms with van der Waals surface area (Å²) in [4.78, 5) is 11.9. The quantitative estimate of drug-likeness (QED) is 0.212. The van der Waals surface area contributed by atoms with Crippen molar-refractivity contribution in [2.45, 2.75) is 6.92 Å². The van der Waals surface area contributed by atoms with Gasteiger partial charge in [0.2, 0.25) is 0 Å². The van der Waals surface area contributed by atoms with Crippen LogP contribution in [0.4, 0.5) is 0 Å². The summed E-state index contributed by atoms with van der Waals surface area (Å²) in [5.74, 6) is 0.111. The molecule has 108 valence electrons. The normalized spacial score (nSPS) is 11.9. The van der Waals surface area contributed by atoms with Crippen LogP contribution in [-0.4, -0.2) is 5.78 Å². The molecular weight excluding hydrogens is 280 g/mol. The van der Waals surface area contributed by atoms with Crippen LogP contribution >= 0.6 is 0 Å². The van der Waals surface area contributed by atoms with Crippen molar-refractivity contribution in [3.63, 3.8) is 0 Å². The molecule has 0 amide bonds. The third-order valence-corrected chi connectivity index (χ3v) is 4.87. The van der Waals surface area contributed by atoms with Crippen molar-refractivity contribution >= 4 is 48.9 Å². The minimum absolute atomic E-state index is 0.111. The van der Waals surface area contributed by atoms with Crippen LogP contribution in [0.25, 0.3) is 43.1 Å². The second-order valence-electron chi connectivity index (χ2n) is 6.19. The molecule has 0 fully saturated rings. The summed E-state index contributed by atoms with van der Waals surface area (Å²) < 4.78 is 0. The van der Waals surface area contributed by atoms with Gasteiger partial charge >= 0.3 is 0 Å². The van der Waals surface area contributed by atoms with Crippen molar-refractivity contribution in [1.82, 2.24) is 0 Å². The van der Waals surface area contributed by atoms with Crippen LogP contribution in [-0.2, 0) is 0 Å². The van der Waals surface area contributed by atoms with Crippen LogP contribution in [0.3, 0.4) is 0 Å². The Bertz CT molecular complexity index is 1230. The van der Waals surface area contributed by atoms with Crippen molar-refractivity contribution in [3.8, 4) is 0 Å². The maximum atomic E-state index is 11.9. The maximum absolute atomic E-state index is 11.9. The monoisotopic (exact) mass is 294 g/mol. The first kappa shape index (κ1) is 12.6. The molecule has 0 bridgehead atoms. The molecule has 0 aliphatic carbocycles. The molecule has 5 rings (SSSR count). The summed E-state index contributed by atoms with van der Waals surface area (Å²) in [6.45, 7) is 1.63. The van der Waals surface area contributed by atoms with Gasteiger partial charge in [0, 0.05) is 5.56 Å². The van der Waals surface area contributed by atoms with Gasteiger partial charge in [-0.2, -0.15) is 0 Å². The zero-order valence-electron chi connectivity index (χ0n) is 12.8. The van der Waals surface area contributed by atoms with Gasteiger partial charge in [-0.3, -0.25) is 4.79 Å². The molecule has 0 aliphatic heterocycles. The van der Waals surface area contributed by atoms with Crippen molar-refractivity contribution in [1.29, 1.82) is 0 Å². The summed E-state index contributed by atoms with van der Waals surface area (Å²) in [7, 11) is 0. The lowest BCUT2D eigenvalue weighted by molar-refractivity contribution is 0.101. The van der Waals surface area contributed by atoms with Gasteiger partial charge in [-0.25, -0.2) is 0 Å². The third-order valence-electron chi connectivity index (χ3n) is 4.87. The Hall–Kier alpha value is -2.93. The number of carbonyl (C=O) groups excluding carboxylic acids is 1. The molecule has 0 N–H and O–H groups in total. The van der Waals surface area contributed by atoms with E-state index in [-0.39, 0.29) is 5.78 Å². The first-order valence-electron chi connectivity index (χ1n) is 7.84. The van der Waals surface area contributed by atoms with E-state index in [0.717, 1.165) is 10.9 Å². The minimum Gasteiger partial charge on any atom is -0.295 e. The fraction of sp³-hybridized carbons (Fsp3) is 0.0455. The highest BCUT2D eigenvalue weighted by molar-refractivity contribution is 6.33. The Morgan fingerprint density at radius 2 is 1.17 bits per heavy atom. The molecule has 5 aromatic rings. The Morgan fingerprint density at radius 3 is 1.78 bits per heavy atom. The van der Waals surface area contributed by atoms with Gasteiger partial charge in [0.25, 0.3) is 0 Å². The summed E-state index contributed by atoms with van der Waals surface area (Å²) >= 11 is 0. The van der Waals surface area contributed by atoms with E-state index in [9.17, 15) is 4.79 Å². The lowest BCUT2D eigenvalue weighted by Crippen LogP contribution is -1.94. The van der Waals surface area contributed by atoms with Crippen LogP contribution in [0.15, 0.2) is 66.7 Å². The molecule has 0 saturated heterocycles. The van der Waals surface area contributed by atoms with Gasteiger partial charge < -0.3 is 0 Å². The molecule has 5 aromatic carbocycles. The second kappa shape index (κ2) is 4.30. The molecule has 0 atom stereocenters. The number of hydrogen-bond donors (Lipinski definition) is 0. The number of benzene rings is 5. The molecule has 0 radical (unpaired) electrons. The molecule has 1 heteroatoms. The van der Waals surface area contributed by atoms with Gasteiger partial charge in [0.1, 0.15) is 0 Å². The highest BCUT2D eigenvalue weighted by Gasteiger charge is 2.14. The Kier molecular flexibility index (Phi) is 2.35. The van der Waals surface area contributed by atoms with Gasteiger partial charge in [-0.1, -0.05) is 54.6 Å². The predicted molar refractivity (Wildman–Crippen MR) is 97.7 cm³/mol. The summed E-state index contributed by atoms with van der Waals surface area (Å²) in [5.41, 5.74) is 0.779. The van der Waals surface area contributed by atoms with E-state index in [2.05, 4.69) is 60.7 Å². The van der Waals surface area contributed by atoms with E-state index < -0.39 is 0 Å². The molecule has 0 unspecified atom stereocenters. The zero-order valence-corrected chi connectivity index (χ0v) is 12.8. The van der Waals surface area contributed by atoms with Gasteiger partial charge in [-0.15, -0.1) is 0 Å². The van der Waals surface area contributed by atoms with Gasteiger partial charge in [0.05, 0.1) is 0 Å². The number of Topliss-reactive ketones (excluding diaryl/α,β-unsaturated/α-hetero) is 1. The van der Waals surface area contributed by atoms with Crippen LogP contribution in [0.5, 0.6) is 0 Å². The number of hydrogen-bond acceptors (Lipinski definition) is 1. The molecule has 23 heavy (non-hydrogen) atoms. The average molecular weight is 294 g/mol. The molecule has 0 saturated carbocycles. The van der Waals surface area contributed by atoms with E-state index in [4.69, 9.17) is 0 Å². The fourth-order valence-corrected chi connectivity index (χ4v) is 3.86. The number of rotatable bonds is 1. The lowest BCUT2D eigenvalue weighted by Gasteiger charge is -2.15. The van der Waals surface area contributed by atoms with Crippen molar-refractivity contribution < 1.29 is 4.79 Å². The first-order chi connectivity index (χ1) is 11.2. The molecule has 0 spiro atoms. The van der Waals surface area contributed by atoms with Crippen molar-refractivity contribution in [2.24, 2.45) is 0 Å². The van der Waals surface area contributed by atoms with E-state index in [1.807, 2.05) is 6.07 Å². The Labute approximate surface area is 133 Å². The van der Waals surface area contributed by atoms with Crippen molar-refractivity contribution in [2.75, 3.05) is 0 Å². The molecule has 1 nitrogen and oxygen atoms in total. The number of fused-ring (bicyclic) bond motifs is 2. The minimum atomic E-state index is 0.111. The number of carbonyl (C=O) groups is 1. The first-order valence-corrected chi connectivity index (χ1v) is 7.84. The second-order valence-corrected chi connectivity index (χ2v) is 6.19. The average Bonchev–Trinajstić information content (AvgIpc) is 2.58. The molecular formula is C22H14O. The SMILES string of the molecule is CC(=O)c1cc2cccc3c4cccc5cccc(c(c1)c23)c54. The highest BCUT2D eigenvalue weighted by atomic mass is 16.1. The Morgan fingerprint density at radius 1 is 0.652 bits per heavy atom. The van der Waals surface area contributed by atoms with Crippen molar-refractivity contribution in [3.05, 3.63) is 72.3 Å². The summed E-state index contributed by atoms with van der Waals surface area (Å²) in [6.07, 6.45) is 0. The number of ketones is 1. The van der Waals surface area contributed by atoms with E-state index >= 15 is 0 Å². The predicted octanol–water partition coefficient (Wildman–Crippen LogP) is 5.94. The van der Waals surface area contributed by atoms with E-state index in [1.165, 1.54) is 37.7 Å². The lowest BCUT2D eigenvalue weighted by atomic mass is 9.88. The fourth-order valence-electron chi connectivity index (χ4n) is 3.86. The van der Waals surface area contributed by atoms with Crippen LogP contribution in [0.1, 0.15) is 17.3 Å². The van der Waals surface area contributed by atoms with Gasteiger partial charge in [-0.05, 0) is 62.1 Å². The van der Waals surface area contributed by atoms with E-state index in [0.29, 0.717) is 0 Å². The standard InChI is InChI=1S/C22H14O/c1-13(23)16-11-15-7-4-9-18-17-8-2-5-14-6-3-10-19(21(14)17)20(12-16)22(15)18/h2-12H,1H3. The maximum Gasteiger partial charge on any atom is 0.159 e. The molecule has 0 aliphatic rings. The zero-order chi connectivity index (χ0) is 15.6. The smallest absolute Gasteiger partial charge is 0.159 e. The van der Waals surface area contributed by atoms with E-state index in [1.54, 1.807) is 6.92 Å². The Balaban J connectivity index is 2.21. The third kappa shape index (κ3) is 1.59. The van der Waals surface area contributed by atoms with Crippen LogP contribution in [0, 0.1) is 0 Å². The highest BCUT2D eigenvalue weighted by Crippen LogP contribution is 2.40. The summed E-state index contributed by atoms with van der Waals surface area (Å²) in [6, 6.07) is 23.3. The van der Waals surface area contributed by atoms with Crippen LogP contribution in [0.2, 0.25) is 0 Å². The van der Waals surface area contributed by atoms with Crippen LogP contribution < -0.4 is 0 Å². The largest absolute Gasteiger partial charge is 0.295 e. The van der Waals surface area contributed by atoms with Gasteiger partial charge in [0.15, 0.2) is 5.78 Å². The molecule has 0 heterocycles. The topological polar surface area (TPSA) is 17.1 Å². The summed E-state index contributed by atoms with van der Waals surface area (Å²) in [5, 5.41) is 9.87.